The van der Waals surface area contributed by atoms with Gasteiger partial charge in [0.2, 0.25) is 5.91 Å². The molecule has 4 nitrogen and oxygen atoms in total. The molecule has 0 aliphatic rings. The lowest BCUT2D eigenvalue weighted by Gasteiger charge is -2.10. The fourth-order valence-electron chi connectivity index (χ4n) is 1.74. The van der Waals surface area contributed by atoms with E-state index in [1.54, 1.807) is 24.3 Å². The van der Waals surface area contributed by atoms with Crippen LogP contribution in [0.5, 0.6) is 11.5 Å². The van der Waals surface area contributed by atoms with E-state index in [9.17, 15) is 4.79 Å². The molecule has 2 N–H and O–H groups in total. The van der Waals surface area contributed by atoms with E-state index in [0.29, 0.717) is 24.5 Å². The first kappa shape index (κ1) is 13.9. The molecular formula is C16H17NO3. The number of benzene rings is 2. The molecule has 0 atom stereocenters. The van der Waals surface area contributed by atoms with Gasteiger partial charge in [0.1, 0.15) is 24.7 Å². The monoisotopic (exact) mass is 271 g/mol. The highest BCUT2D eigenvalue weighted by Crippen LogP contribution is 2.16. The highest BCUT2D eigenvalue weighted by molar-refractivity contribution is 5.92. The van der Waals surface area contributed by atoms with Crippen molar-refractivity contribution in [2.24, 2.45) is 5.73 Å². The molecule has 0 bridgehead atoms. The summed E-state index contributed by atoms with van der Waals surface area (Å²) in [6, 6.07) is 14.5. The summed E-state index contributed by atoms with van der Waals surface area (Å²) in [6.45, 7) is 2.89. The number of para-hydroxylation sites is 1. The van der Waals surface area contributed by atoms with Gasteiger partial charge < -0.3 is 15.2 Å². The van der Waals surface area contributed by atoms with Gasteiger partial charge in [-0.15, -0.1) is 0 Å². The van der Waals surface area contributed by atoms with Crippen molar-refractivity contribution < 1.29 is 14.3 Å². The van der Waals surface area contributed by atoms with Crippen molar-refractivity contribution in [1.29, 1.82) is 0 Å². The maximum Gasteiger partial charge on any atom is 0.248 e. The summed E-state index contributed by atoms with van der Waals surface area (Å²) < 4.78 is 11.1. The molecule has 0 aliphatic carbocycles. The van der Waals surface area contributed by atoms with Gasteiger partial charge in [-0.2, -0.15) is 0 Å². The largest absolute Gasteiger partial charge is 0.490 e. The molecule has 0 saturated carbocycles. The average molecular weight is 271 g/mol. The van der Waals surface area contributed by atoms with E-state index in [0.717, 1.165) is 11.3 Å². The molecule has 0 unspecified atom stereocenters. The number of hydrogen-bond acceptors (Lipinski definition) is 3. The number of carbonyl (C=O) groups excluding carboxylic acids is 1. The molecule has 0 radical (unpaired) electrons. The van der Waals surface area contributed by atoms with E-state index in [1.165, 1.54) is 0 Å². The van der Waals surface area contributed by atoms with Gasteiger partial charge in [0.25, 0.3) is 0 Å². The Hall–Kier alpha value is -2.49. The van der Waals surface area contributed by atoms with E-state index < -0.39 is 5.91 Å². The fourth-order valence-corrected chi connectivity index (χ4v) is 1.74. The number of primary amides is 1. The zero-order chi connectivity index (χ0) is 14.4. The van der Waals surface area contributed by atoms with Crippen molar-refractivity contribution >= 4 is 5.91 Å². The van der Waals surface area contributed by atoms with Gasteiger partial charge in [0, 0.05) is 5.56 Å². The van der Waals surface area contributed by atoms with Crippen molar-refractivity contribution in [2.75, 3.05) is 13.2 Å². The van der Waals surface area contributed by atoms with Crippen molar-refractivity contribution in [3.63, 3.8) is 0 Å². The average Bonchev–Trinajstić information content (AvgIpc) is 2.46. The van der Waals surface area contributed by atoms with Crippen LogP contribution in [0.4, 0.5) is 0 Å². The predicted molar refractivity (Wildman–Crippen MR) is 77.1 cm³/mol. The van der Waals surface area contributed by atoms with Crippen LogP contribution in [0.3, 0.4) is 0 Å². The number of ether oxygens (including phenoxy) is 2. The first-order valence-corrected chi connectivity index (χ1v) is 6.38. The second-order valence-corrected chi connectivity index (χ2v) is 4.35. The Morgan fingerprint density at radius 3 is 2.30 bits per heavy atom. The van der Waals surface area contributed by atoms with E-state index in [4.69, 9.17) is 15.2 Å². The zero-order valence-electron chi connectivity index (χ0n) is 11.3. The molecule has 2 aromatic carbocycles. The molecule has 0 saturated heterocycles. The number of nitrogens with two attached hydrogens (primary N) is 1. The smallest absolute Gasteiger partial charge is 0.248 e. The highest BCUT2D eigenvalue weighted by atomic mass is 16.5. The number of hydrogen-bond donors (Lipinski definition) is 1. The van der Waals surface area contributed by atoms with Crippen LogP contribution in [-0.2, 0) is 0 Å². The molecule has 0 aromatic heterocycles. The lowest BCUT2D eigenvalue weighted by atomic mass is 10.2. The molecular weight excluding hydrogens is 254 g/mol. The van der Waals surface area contributed by atoms with Crippen LogP contribution in [0, 0.1) is 6.92 Å². The van der Waals surface area contributed by atoms with Crippen LogP contribution in [0.25, 0.3) is 0 Å². The molecule has 20 heavy (non-hydrogen) atoms. The van der Waals surface area contributed by atoms with Crippen LogP contribution in [0.15, 0.2) is 48.5 Å². The van der Waals surface area contributed by atoms with Crippen molar-refractivity contribution in [2.45, 2.75) is 6.92 Å². The fraction of sp³-hybridized carbons (Fsp3) is 0.188. The minimum Gasteiger partial charge on any atom is -0.490 e. The van der Waals surface area contributed by atoms with Gasteiger partial charge in [-0.25, -0.2) is 0 Å². The Morgan fingerprint density at radius 1 is 1.00 bits per heavy atom. The predicted octanol–water partition coefficient (Wildman–Crippen LogP) is 2.55. The summed E-state index contributed by atoms with van der Waals surface area (Å²) in [7, 11) is 0. The van der Waals surface area contributed by atoms with Gasteiger partial charge in [-0.3, -0.25) is 4.79 Å². The first-order valence-electron chi connectivity index (χ1n) is 6.38. The number of amides is 1. The molecule has 0 heterocycles. The van der Waals surface area contributed by atoms with Gasteiger partial charge in [0.05, 0.1) is 0 Å². The lowest BCUT2D eigenvalue weighted by molar-refractivity contribution is 0.1000. The van der Waals surface area contributed by atoms with E-state index in [2.05, 4.69) is 0 Å². The van der Waals surface area contributed by atoms with E-state index >= 15 is 0 Å². The summed E-state index contributed by atoms with van der Waals surface area (Å²) in [5.74, 6) is 1.10. The molecule has 1 amide bonds. The Balaban J connectivity index is 1.79. The van der Waals surface area contributed by atoms with Crippen LogP contribution >= 0.6 is 0 Å². The third kappa shape index (κ3) is 3.75. The third-order valence-electron chi connectivity index (χ3n) is 2.84. The molecule has 0 spiro atoms. The van der Waals surface area contributed by atoms with Crippen molar-refractivity contribution in [3.05, 3.63) is 59.7 Å². The summed E-state index contributed by atoms with van der Waals surface area (Å²) >= 11 is 0. The number of rotatable bonds is 6. The Labute approximate surface area is 118 Å². The normalized spacial score (nSPS) is 10.1. The highest BCUT2D eigenvalue weighted by Gasteiger charge is 2.01. The Kier molecular flexibility index (Phi) is 4.60. The summed E-state index contributed by atoms with van der Waals surface area (Å²) in [6.07, 6.45) is 0. The quantitative estimate of drug-likeness (QED) is 0.821. The summed E-state index contributed by atoms with van der Waals surface area (Å²) in [5.41, 5.74) is 6.73. The van der Waals surface area contributed by atoms with Crippen LogP contribution < -0.4 is 15.2 Å². The van der Waals surface area contributed by atoms with Gasteiger partial charge in [-0.05, 0) is 42.8 Å². The number of carbonyl (C=O) groups is 1. The van der Waals surface area contributed by atoms with Crippen LogP contribution in [-0.4, -0.2) is 19.1 Å². The van der Waals surface area contributed by atoms with E-state index in [-0.39, 0.29) is 0 Å². The molecule has 2 rings (SSSR count). The standard InChI is InChI=1S/C16H17NO3/c1-12-4-2-3-5-15(12)20-11-10-19-14-8-6-13(7-9-14)16(17)18/h2-9H,10-11H2,1H3,(H2,17,18). The topological polar surface area (TPSA) is 61.6 Å². The lowest BCUT2D eigenvalue weighted by Crippen LogP contribution is -2.11. The van der Waals surface area contributed by atoms with Crippen molar-refractivity contribution in [3.8, 4) is 11.5 Å². The maximum absolute atomic E-state index is 10.9. The van der Waals surface area contributed by atoms with Crippen LogP contribution in [0.2, 0.25) is 0 Å². The molecule has 2 aromatic rings. The second kappa shape index (κ2) is 6.61. The minimum absolute atomic E-state index is 0.435. The van der Waals surface area contributed by atoms with Crippen LogP contribution in [0.1, 0.15) is 15.9 Å². The number of aryl methyl sites for hydroxylation is 1. The SMILES string of the molecule is Cc1ccccc1OCCOc1ccc(C(N)=O)cc1. The second-order valence-electron chi connectivity index (χ2n) is 4.35. The molecule has 104 valence electrons. The Morgan fingerprint density at radius 2 is 1.65 bits per heavy atom. The molecule has 0 aliphatic heterocycles. The van der Waals surface area contributed by atoms with Gasteiger partial charge in [0.15, 0.2) is 0 Å². The summed E-state index contributed by atoms with van der Waals surface area (Å²) in [5, 5.41) is 0. The van der Waals surface area contributed by atoms with Gasteiger partial charge in [-0.1, -0.05) is 18.2 Å². The van der Waals surface area contributed by atoms with Gasteiger partial charge >= 0.3 is 0 Å². The Bertz CT molecular complexity index is 579. The third-order valence-corrected chi connectivity index (χ3v) is 2.84. The maximum atomic E-state index is 10.9. The first-order chi connectivity index (χ1) is 9.66. The summed E-state index contributed by atoms with van der Waals surface area (Å²) in [4.78, 5) is 10.9. The van der Waals surface area contributed by atoms with Crippen molar-refractivity contribution in [1.82, 2.24) is 0 Å². The minimum atomic E-state index is -0.445. The zero-order valence-corrected chi connectivity index (χ0v) is 11.3. The van der Waals surface area contributed by atoms with E-state index in [1.807, 2.05) is 31.2 Å². The molecule has 0 fully saturated rings. The molecule has 4 heteroatoms.